The minimum Gasteiger partial charge on any atom is -0.481 e. The average molecular weight is 601 g/mol. The summed E-state index contributed by atoms with van der Waals surface area (Å²) in [6.07, 6.45) is 19.2. The molecule has 2 saturated heterocycles. The van der Waals surface area contributed by atoms with E-state index in [9.17, 15) is 29.4 Å². The van der Waals surface area contributed by atoms with Gasteiger partial charge in [0.05, 0.1) is 25.0 Å². The van der Waals surface area contributed by atoms with E-state index >= 15 is 0 Å². The number of nitrogens with zero attached hydrogens (tertiary/aromatic N) is 2. The molecule has 4 saturated carbocycles. The average Bonchev–Trinajstić information content (AvgIpc) is 3.76. The summed E-state index contributed by atoms with van der Waals surface area (Å²) in [5.41, 5.74) is -1.76. The predicted molar refractivity (Wildman–Crippen MR) is 159 cm³/mol. The quantitative estimate of drug-likeness (QED) is 0.236. The molecule has 2 amide bonds. The van der Waals surface area contributed by atoms with Gasteiger partial charge < -0.3 is 24.7 Å². The molecule has 2 aliphatic heterocycles. The Morgan fingerprint density at radius 1 is 0.605 bits per heavy atom. The van der Waals surface area contributed by atoms with Crippen LogP contribution in [0.2, 0.25) is 0 Å². The lowest BCUT2D eigenvalue weighted by Gasteiger charge is -2.35. The normalized spacial score (nSPS) is 36.8. The molecular formula is C34H52N2O7. The number of carboxylic acid groups (broad SMARTS) is 2. The van der Waals surface area contributed by atoms with E-state index in [2.05, 4.69) is 0 Å². The van der Waals surface area contributed by atoms with Gasteiger partial charge in [-0.25, -0.2) is 0 Å². The van der Waals surface area contributed by atoms with Gasteiger partial charge in [0.25, 0.3) is 0 Å². The molecule has 6 atom stereocenters. The third-order valence-electron chi connectivity index (χ3n) is 12.5. The third-order valence-corrected chi connectivity index (χ3v) is 12.5. The predicted octanol–water partition coefficient (Wildman–Crippen LogP) is 5.11. The summed E-state index contributed by atoms with van der Waals surface area (Å²) in [7, 11) is 0. The Hall–Kier alpha value is -2.16. The lowest BCUT2D eigenvalue weighted by molar-refractivity contribution is -0.146. The smallest absolute Gasteiger partial charge is 0.309 e. The monoisotopic (exact) mass is 600 g/mol. The van der Waals surface area contributed by atoms with Gasteiger partial charge in [0, 0.05) is 13.1 Å². The lowest BCUT2D eigenvalue weighted by atomic mass is 9.69. The Morgan fingerprint density at radius 3 is 1.37 bits per heavy atom. The van der Waals surface area contributed by atoms with Crippen molar-refractivity contribution < 1.29 is 34.1 Å². The number of rotatable bonds is 12. The molecule has 43 heavy (non-hydrogen) atoms. The number of hydrogen-bond acceptors (Lipinski definition) is 5. The van der Waals surface area contributed by atoms with Crippen LogP contribution in [-0.2, 0) is 23.9 Å². The number of aliphatic carboxylic acids is 2. The van der Waals surface area contributed by atoms with E-state index in [1.165, 1.54) is 64.2 Å². The maximum absolute atomic E-state index is 13.1. The summed E-state index contributed by atoms with van der Waals surface area (Å²) < 4.78 is 5.91. The second-order valence-electron chi connectivity index (χ2n) is 14.9. The van der Waals surface area contributed by atoms with Gasteiger partial charge in [-0.3, -0.25) is 19.2 Å². The van der Waals surface area contributed by atoms with Gasteiger partial charge in [-0.2, -0.15) is 0 Å². The van der Waals surface area contributed by atoms with E-state index in [1.54, 1.807) is 9.80 Å². The fourth-order valence-electron chi connectivity index (χ4n) is 10.2. The van der Waals surface area contributed by atoms with Crippen LogP contribution < -0.4 is 0 Å². The molecule has 0 bridgehead atoms. The topological polar surface area (TPSA) is 124 Å². The van der Waals surface area contributed by atoms with Crippen molar-refractivity contribution in [1.29, 1.82) is 0 Å². The zero-order valence-corrected chi connectivity index (χ0v) is 25.9. The number of carbonyl (C=O) groups excluding carboxylic acids is 2. The SMILES string of the molecule is O=C(O)C1CCC(CC2CCCCC2)CC12C(=O)N2CCOCCN1C(=O)C12CC(CC1CCCCC1)CCC2C(=O)O. The van der Waals surface area contributed by atoms with Gasteiger partial charge >= 0.3 is 11.9 Å². The van der Waals surface area contributed by atoms with E-state index in [-0.39, 0.29) is 25.0 Å². The fourth-order valence-corrected chi connectivity index (χ4v) is 10.2. The number of ether oxygens (including phenoxy) is 1. The number of carbonyl (C=O) groups is 4. The van der Waals surface area contributed by atoms with Crippen molar-refractivity contribution in [3.63, 3.8) is 0 Å². The molecule has 0 aromatic rings. The van der Waals surface area contributed by atoms with Crippen LogP contribution in [0.15, 0.2) is 0 Å². The first-order valence-corrected chi connectivity index (χ1v) is 17.4. The molecule has 6 aliphatic rings. The Labute approximate surface area is 256 Å². The molecular weight excluding hydrogens is 548 g/mol. The van der Waals surface area contributed by atoms with Crippen molar-refractivity contribution in [2.45, 2.75) is 127 Å². The molecule has 4 aliphatic carbocycles. The summed E-state index contributed by atoms with van der Waals surface area (Å²) in [4.78, 5) is 54.1. The molecule has 0 aromatic carbocycles. The highest BCUT2D eigenvalue weighted by Gasteiger charge is 2.71. The van der Waals surface area contributed by atoms with Gasteiger partial charge in [0.1, 0.15) is 11.1 Å². The maximum Gasteiger partial charge on any atom is 0.309 e. The van der Waals surface area contributed by atoms with Crippen LogP contribution in [0.4, 0.5) is 0 Å². The molecule has 9 nitrogen and oxygen atoms in total. The second kappa shape index (κ2) is 12.7. The van der Waals surface area contributed by atoms with Gasteiger partial charge in [0.15, 0.2) is 0 Å². The van der Waals surface area contributed by atoms with Gasteiger partial charge in [-0.1, -0.05) is 64.2 Å². The second-order valence-corrected chi connectivity index (χ2v) is 14.9. The van der Waals surface area contributed by atoms with Crippen LogP contribution in [0.3, 0.4) is 0 Å². The van der Waals surface area contributed by atoms with E-state index in [4.69, 9.17) is 4.74 Å². The first kappa shape index (κ1) is 30.8. The summed E-state index contributed by atoms with van der Waals surface area (Å²) in [5, 5.41) is 19.9. The third kappa shape index (κ3) is 5.96. The van der Waals surface area contributed by atoms with Gasteiger partial charge in [-0.15, -0.1) is 0 Å². The summed E-state index contributed by atoms with van der Waals surface area (Å²) in [5.74, 6) is -0.939. The summed E-state index contributed by atoms with van der Waals surface area (Å²) in [6.45, 7) is 1.29. The zero-order valence-electron chi connectivity index (χ0n) is 25.9. The van der Waals surface area contributed by atoms with Crippen LogP contribution in [0.25, 0.3) is 0 Å². The molecule has 6 fully saturated rings. The van der Waals surface area contributed by atoms with Crippen molar-refractivity contribution in [1.82, 2.24) is 9.80 Å². The Bertz CT molecular complexity index is 987. The lowest BCUT2D eigenvalue weighted by Crippen LogP contribution is -2.42. The molecule has 2 spiro atoms. The van der Waals surface area contributed by atoms with E-state index in [0.29, 0.717) is 62.4 Å². The van der Waals surface area contributed by atoms with Crippen molar-refractivity contribution in [3.8, 4) is 0 Å². The molecule has 0 aromatic heterocycles. The van der Waals surface area contributed by atoms with Gasteiger partial charge in [-0.05, 0) is 75.0 Å². The van der Waals surface area contributed by atoms with E-state index < -0.39 is 34.9 Å². The van der Waals surface area contributed by atoms with E-state index in [1.807, 2.05) is 0 Å². The molecule has 6 unspecified atom stereocenters. The molecule has 0 radical (unpaired) electrons. The largest absolute Gasteiger partial charge is 0.481 e. The minimum atomic E-state index is -0.878. The number of hydrogen-bond donors (Lipinski definition) is 2. The number of amides is 2. The van der Waals surface area contributed by atoms with Crippen LogP contribution >= 0.6 is 0 Å². The minimum absolute atomic E-state index is 0.0487. The highest BCUT2D eigenvalue weighted by molar-refractivity contribution is 6.06. The van der Waals surface area contributed by atoms with Crippen molar-refractivity contribution in [3.05, 3.63) is 0 Å². The zero-order chi connectivity index (χ0) is 30.2. The van der Waals surface area contributed by atoms with Crippen LogP contribution in [-0.4, -0.2) is 81.1 Å². The molecule has 6 rings (SSSR count). The first-order chi connectivity index (χ1) is 20.8. The van der Waals surface area contributed by atoms with Crippen molar-refractivity contribution in [2.75, 3.05) is 26.3 Å². The molecule has 240 valence electrons. The summed E-state index contributed by atoms with van der Waals surface area (Å²) >= 11 is 0. The van der Waals surface area contributed by atoms with Crippen LogP contribution in [0.5, 0.6) is 0 Å². The Morgan fingerprint density at radius 2 is 1.00 bits per heavy atom. The Kier molecular flexibility index (Phi) is 9.10. The standard InChI is InChI=1S/C34H52N2O7/c37-29(38)27-13-11-25(19-23-7-3-1-4-8-23)21-33(27)31(41)35(33)15-17-43-18-16-36-32(42)34(36)22-26(12-14-28(34)30(39)40)20-24-9-5-2-6-10-24/h23-28H,1-22H2,(H,37,38)(H,39,40). The molecule has 9 heteroatoms. The maximum atomic E-state index is 13.1. The van der Waals surface area contributed by atoms with Crippen LogP contribution in [0, 0.1) is 35.5 Å². The Balaban J connectivity index is 0.988. The highest BCUT2D eigenvalue weighted by atomic mass is 16.5. The van der Waals surface area contributed by atoms with Crippen molar-refractivity contribution in [2.24, 2.45) is 35.5 Å². The van der Waals surface area contributed by atoms with Crippen molar-refractivity contribution >= 4 is 23.8 Å². The van der Waals surface area contributed by atoms with Crippen LogP contribution in [0.1, 0.15) is 116 Å². The fraction of sp³-hybridized carbons (Fsp3) is 0.882. The molecule has 2 heterocycles. The number of carboxylic acids is 2. The summed E-state index contributed by atoms with van der Waals surface area (Å²) in [6, 6.07) is 0. The first-order valence-electron chi connectivity index (χ1n) is 17.4. The van der Waals surface area contributed by atoms with E-state index in [0.717, 1.165) is 25.7 Å². The van der Waals surface area contributed by atoms with Gasteiger partial charge in [0.2, 0.25) is 11.8 Å². The molecule has 2 N–H and O–H groups in total. The highest BCUT2D eigenvalue weighted by Crippen LogP contribution is 2.55.